The zero-order valence-electron chi connectivity index (χ0n) is 11.9. The van der Waals surface area contributed by atoms with Crippen molar-refractivity contribution in [1.82, 2.24) is 14.5 Å². The summed E-state index contributed by atoms with van der Waals surface area (Å²) in [7, 11) is 0. The fourth-order valence-corrected chi connectivity index (χ4v) is 3.69. The van der Waals surface area contributed by atoms with Crippen LogP contribution in [0.1, 0.15) is 11.3 Å². The second-order valence-corrected chi connectivity index (χ2v) is 6.56. The van der Waals surface area contributed by atoms with Crippen LogP contribution in [0, 0.1) is 6.92 Å². The summed E-state index contributed by atoms with van der Waals surface area (Å²) >= 11 is 4.64. The minimum absolute atomic E-state index is 0.204. The van der Waals surface area contributed by atoms with Gasteiger partial charge in [-0.3, -0.25) is 9.55 Å². The third-order valence-electron chi connectivity index (χ3n) is 3.47. The summed E-state index contributed by atoms with van der Waals surface area (Å²) in [5.74, 6) is 0.204. The van der Waals surface area contributed by atoms with Gasteiger partial charge in [0.2, 0.25) is 0 Å². The maximum absolute atomic E-state index is 12.7. The van der Waals surface area contributed by atoms with Gasteiger partial charge >= 0.3 is 5.16 Å². The van der Waals surface area contributed by atoms with E-state index < -0.39 is 11.2 Å². The molecule has 3 aromatic rings. The number of nitrogens with zero attached hydrogens (tertiary/aromatic N) is 3. The van der Waals surface area contributed by atoms with Crippen LogP contribution in [-0.2, 0) is 23.7 Å². The lowest BCUT2D eigenvalue weighted by Gasteiger charge is -2.12. The Morgan fingerprint density at radius 3 is 2.86 bits per heavy atom. The summed E-state index contributed by atoms with van der Waals surface area (Å²) in [4.78, 5) is 8.61. The van der Waals surface area contributed by atoms with Crippen molar-refractivity contribution in [2.75, 3.05) is 0 Å². The van der Waals surface area contributed by atoms with Gasteiger partial charge in [-0.25, -0.2) is 0 Å². The number of para-hydroxylation sites is 2. The van der Waals surface area contributed by atoms with E-state index in [0.29, 0.717) is 21.4 Å². The molecule has 5 nitrogen and oxygen atoms in total. The molecule has 0 aliphatic heterocycles. The molecule has 2 aromatic heterocycles. The summed E-state index contributed by atoms with van der Waals surface area (Å²) in [6.45, 7) is 1.57. The fraction of sp³-hybridized carbons (Fsp3) is 0.200. The van der Waals surface area contributed by atoms with Crippen LogP contribution in [0.25, 0.3) is 11.0 Å². The van der Waals surface area contributed by atoms with Crippen molar-refractivity contribution in [3.8, 4) is 0 Å². The van der Waals surface area contributed by atoms with Crippen molar-refractivity contribution in [3.05, 3.63) is 52.8 Å². The second-order valence-electron chi connectivity index (χ2n) is 4.81. The molecule has 0 aliphatic carbocycles. The number of hydrogen-bond donors (Lipinski definition) is 1. The van der Waals surface area contributed by atoms with E-state index in [0.717, 1.165) is 11.1 Å². The SMILES string of the molecule is Cc1c(Cl)ccnc1C[S+]([O-])c1nc2ccccc2n1CO. The van der Waals surface area contributed by atoms with E-state index >= 15 is 0 Å². The molecule has 0 aliphatic rings. The lowest BCUT2D eigenvalue weighted by Crippen LogP contribution is -2.14. The molecule has 22 heavy (non-hydrogen) atoms. The van der Waals surface area contributed by atoms with E-state index in [9.17, 15) is 9.66 Å². The molecular weight excluding hydrogens is 322 g/mol. The van der Waals surface area contributed by atoms with E-state index in [2.05, 4.69) is 9.97 Å². The van der Waals surface area contributed by atoms with Crippen LogP contribution in [0.5, 0.6) is 0 Å². The highest BCUT2D eigenvalue weighted by Crippen LogP contribution is 2.24. The fourth-order valence-electron chi connectivity index (χ4n) is 2.25. The molecule has 1 N–H and O–H groups in total. The molecule has 0 amide bonds. The number of fused-ring (bicyclic) bond motifs is 1. The standard InChI is InChI=1S/C15H14ClN3O2S/c1-10-11(16)6-7-17-13(10)8-22(21)15-18-12-4-2-3-5-14(12)19(15)9-20/h2-7,20H,8-9H2,1H3. The lowest BCUT2D eigenvalue weighted by atomic mass is 10.2. The van der Waals surface area contributed by atoms with Gasteiger partial charge in [-0.15, -0.1) is 0 Å². The zero-order valence-corrected chi connectivity index (χ0v) is 13.4. The number of aliphatic hydroxyl groups excluding tert-OH is 1. The van der Waals surface area contributed by atoms with Crippen LogP contribution in [0.15, 0.2) is 41.7 Å². The quantitative estimate of drug-likeness (QED) is 0.744. The average Bonchev–Trinajstić information content (AvgIpc) is 2.90. The topological polar surface area (TPSA) is 74.0 Å². The minimum atomic E-state index is -1.43. The summed E-state index contributed by atoms with van der Waals surface area (Å²) in [6.07, 6.45) is 1.59. The number of benzene rings is 1. The molecule has 1 atom stereocenters. The first-order valence-electron chi connectivity index (χ1n) is 6.66. The molecule has 3 rings (SSSR count). The van der Waals surface area contributed by atoms with E-state index in [4.69, 9.17) is 11.6 Å². The van der Waals surface area contributed by atoms with Gasteiger partial charge in [0.1, 0.15) is 6.73 Å². The van der Waals surface area contributed by atoms with Gasteiger partial charge in [0.05, 0.1) is 16.7 Å². The van der Waals surface area contributed by atoms with E-state index in [1.165, 1.54) is 0 Å². The largest absolute Gasteiger partial charge is 0.609 e. The molecule has 0 radical (unpaired) electrons. The van der Waals surface area contributed by atoms with Crippen LogP contribution in [-0.4, -0.2) is 24.2 Å². The average molecular weight is 336 g/mol. The molecule has 1 aromatic carbocycles. The zero-order chi connectivity index (χ0) is 15.7. The van der Waals surface area contributed by atoms with Crippen LogP contribution < -0.4 is 0 Å². The van der Waals surface area contributed by atoms with Crippen molar-refractivity contribution in [2.24, 2.45) is 0 Å². The maximum atomic E-state index is 12.7. The van der Waals surface area contributed by atoms with Crippen LogP contribution in [0.3, 0.4) is 0 Å². The molecule has 114 valence electrons. The summed E-state index contributed by atoms with van der Waals surface area (Å²) in [5, 5.41) is 10.5. The Morgan fingerprint density at radius 1 is 1.32 bits per heavy atom. The molecule has 0 saturated heterocycles. The van der Waals surface area contributed by atoms with Gasteiger partial charge in [0.15, 0.2) is 5.75 Å². The first-order valence-corrected chi connectivity index (χ1v) is 8.36. The summed E-state index contributed by atoms with van der Waals surface area (Å²) in [6, 6.07) is 9.07. The molecule has 0 fully saturated rings. The van der Waals surface area contributed by atoms with Crippen LogP contribution in [0.2, 0.25) is 5.02 Å². The number of rotatable bonds is 4. The Kier molecular flexibility index (Phi) is 4.35. The highest BCUT2D eigenvalue weighted by Gasteiger charge is 2.23. The Balaban J connectivity index is 1.98. The lowest BCUT2D eigenvalue weighted by molar-refractivity contribution is 0.203. The number of pyridine rings is 1. The molecule has 2 heterocycles. The van der Waals surface area contributed by atoms with Crippen molar-refractivity contribution < 1.29 is 9.66 Å². The Hall–Kier alpha value is -1.60. The first kappa shape index (κ1) is 15.3. The number of halogens is 1. The van der Waals surface area contributed by atoms with Crippen molar-refractivity contribution in [1.29, 1.82) is 0 Å². The second kappa shape index (κ2) is 6.26. The molecule has 7 heteroatoms. The van der Waals surface area contributed by atoms with E-state index in [1.807, 2.05) is 31.2 Å². The van der Waals surface area contributed by atoms with Crippen LogP contribution >= 0.6 is 11.6 Å². The molecule has 0 bridgehead atoms. The van der Waals surface area contributed by atoms with Gasteiger partial charge in [-0.05, 0) is 30.7 Å². The normalized spacial score (nSPS) is 12.7. The molecule has 1 unspecified atom stereocenters. The van der Waals surface area contributed by atoms with Gasteiger partial charge in [-0.1, -0.05) is 23.7 Å². The molecule has 0 saturated carbocycles. The molecular formula is C15H14ClN3O2S. The number of imidazole rings is 1. The predicted octanol–water partition coefficient (Wildman–Crippen LogP) is 2.65. The third kappa shape index (κ3) is 2.70. The molecule has 0 spiro atoms. The van der Waals surface area contributed by atoms with Gasteiger partial charge in [-0.2, -0.15) is 4.98 Å². The van der Waals surface area contributed by atoms with Gasteiger partial charge in [0.25, 0.3) is 0 Å². The van der Waals surface area contributed by atoms with Gasteiger partial charge < -0.3 is 9.66 Å². The highest BCUT2D eigenvalue weighted by atomic mass is 35.5. The predicted molar refractivity (Wildman–Crippen MR) is 86.0 cm³/mol. The van der Waals surface area contributed by atoms with E-state index in [-0.39, 0.29) is 12.5 Å². The van der Waals surface area contributed by atoms with Crippen molar-refractivity contribution in [3.63, 3.8) is 0 Å². The van der Waals surface area contributed by atoms with Crippen molar-refractivity contribution in [2.45, 2.75) is 24.6 Å². The first-order chi connectivity index (χ1) is 10.6. The summed E-state index contributed by atoms with van der Waals surface area (Å²) in [5.41, 5.74) is 2.94. The Morgan fingerprint density at radius 2 is 2.09 bits per heavy atom. The van der Waals surface area contributed by atoms with Crippen LogP contribution in [0.4, 0.5) is 0 Å². The highest BCUT2D eigenvalue weighted by molar-refractivity contribution is 7.90. The van der Waals surface area contributed by atoms with Crippen molar-refractivity contribution >= 4 is 33.8 Å². The number of hydrogen-bond acceptors (Lipinski definition) is 4. The maximum Gasteiger partial charge on any atom is 0.326 e. The Labute approximate surface area is 135 Å². The smallest absolute Gasteiger partial charge is 0.326 e. The third-order valence-corrected chi connectivity index (χ3v) is 5.14. The van der Waals surface area contributed by atoms with E-state index in [1.54, 1.807) is 16.8 Å². The number of aromatic nitrogens is 3. The number of aliphatic hydroxyl groups is 1. The Bertz CT molecular complexity index is 822. The summed E-state index contributed by atoms with van der Waals surface area (Å²) < 4.78 is 14.2. The minimum Gasteiger partial charge on any atom is -0.609 e. The monoisotopic (exact) mass is 335 g/mol. The van der Waals surface area contributed by atoms with Gasteiger partial charge in [0, 0.05) is 22.4 Å².